The number of methoxy groups -OCH3 is 1. The van der Waals surface area contributed by atoms with Gasteiger partial charge in [-0.3, -0.25) is 9.69 Å². The topological polar surface area (TPSA) is 109 Å². The number of carboxylic acid groups (broad SMARTS) is 1. The standard InChI is InChI=1S/C23H23ClN2O6/c1-4-26-21(25-16-8-6-15(24)7-9-16)20(27)17(22(26)28)11-14-5-10-18(19(12-14)31-3)32-13(2)23(29)30/h5-13,20,27H,4H2,1-3H3,(H,29,30)/b17-11+,25-21?/t13-,20+/m0/s1. The third-order valence-corrected chi connectivity index (χ3v) is 5.11. The van der Waals surface area contributed by atoms with Gasteiger partial charge in [-0.2, -0.15) is 0 Å². The molecule has 2 aromatic rings. The summed E-state index contributed by atoms with van der Waals surface area (Å²) in [5.74, 6) is -0.678. The lowest BCUT2D eigenvalue weighted by molar-refractivity contribution is -0.144. The number of carbonyl (C=O) groups is 2. The number of likely N-dealkylation sites (tertiary alicyclic amines) is 1. The third kappa shape index (κ3) is 4.92. The van der Waals surface area contributed by atoms with Gasteiger partial charge in [-0.15, -0.1) is 0 Å². The summed E-state index contributed by atoms with van der Waals surface area (Å²) in [4.78, 5) is 29.8. The molecule has 1 saturated heterocycles. The summed E-state index contributed by atoms with van der Waals surface area (Å²) in [5, 5.41) is 20.4. The Kier molecular flexibility index (Phi) is 7.17. The predicted octanol–water partition coefficient (Wildman–Crippen LogP) is 3.54. The number of nitrogens with zero attached hydrogens (tertiary/aromatic N) is 2. The number of aliphatic hydroxyl groups excluding tert-OH is 1. The molecule has 0 aliphatic carbocycles. The molecule has 0 radical (unpaired) electrons. The minimum Gasteiger partial charge on any atom is -0.493 e. The van der Waals surface area contributed by atoms with Crippen LogP contribution in [-0.4, -0.2) is 58.7 Å². The number of likely N-dealkylation sites (N-methyl/N-ethyl adjacent to an activating group) is 1. The second-order valence-corrected chi connectivity index (χ2v) is 7.44. The van der Waals surface area contributed by atoms with E-state index in [4.69, 9.17) is 26.2 Å². The van der Waals surface area contributed by atoms with Crippen molar-refractivity contribution in [1.29, 1.82) is 0 Å². The van der Waals surface area contributed by atoms with Crippen molar-refractivity contribution in [1.82, 2.24) is 4.90 Å². The first kappa shape index (κ1) is 23.3. The van der Waals surface area contributed by atoms with Crippen LogP contribution >= 0.6 is 11.6 Å². The van der Waals surface area contributed by atoms with Gasteiger partial charge in [0.1, 0.15) is 11.9 Å². The monoisotopic (exact) mass is 458 g/mol. The first-order valence-electron chi connectivity index (χ1n) is 9.88. The Labute approximate surface area is 190 Å². The van der Waals surface area contributed by atoms with Crippen LogP contribution in [-0.2, 0) is 9.59 Å². The van der Waals surface area contributed by atoms with Crippen LogP contribution in [0.2, 0.25) is 5.02 Å². The van der Waals surface area contributed by atoms with Gasteiger partial charge in [0.05, 0.1) is 18.4 Å². The Morgan fingerprint density at radius 2 is 1.94 bits per heavy atom. The van der Waals surface area contributed by atoms with Gasteiger partial charge < -0.3 is 19.7 Å². The number of hydrogen-bond acceptors (Lipinski definition) is 6. The number of ether oxygens (including phenoxy) is 2. The quantitative estimate of drug-likeness (QED) is 0.614. The number of carboxylic acids is 1. The van der Waals surface area contributed by atoms with Crippen molar-refractivity contribution in [2.24, 2.45) is 4.99 Å². The average molecular weight is 459 g/mol. The molecular formula is C23H23ClN2O6. The van der Waals surface area contributed by atoms with E-state index in [1.54, 1.807) is 55.5 Å². The number of amidine groups is 1. The van der Waals surface area contributed by atoms with E-state index in [1.165, 1.54) is 18.9 Å². The summed E-state index contributed by atoms with van der Waals surface area (Å²) in [6, 6.07) is 11.5. The minimum absolute atomic E-state index is 0.161. The number of aliphatic hydroxyl groups is 1. The molecular weight excluding hydrogens is 436 g/mol. The lowest BCUT2D eigenvalue weighted by atomic mass is 10.1. The van der Waals surface area contributed by atoms with Crippen LogP contribution in [0.15, 0.2) is 53.0 Å². The van der Waals surface area contributed by atoms with Crippen molar-refractivity contribution in [3.63, 3.8) is 0 Å². The van der Waals surface area contributed by atoms with Crippen LogP contribution in [0.4, 0.5) is 5.69 Å². The molecule has 1 aliphatic heterocycles. The van der Waals surface area contributed by atoms with Gasteiger partial charge in [0.25, 0.3) is 5.91 Å². The number of carbonyl (C=O) groups excluding carboxylic acids is 1. The maximum atomic E-state index is 12.9. The fourth-order valence-electron chi connectivity index (χ4n) is 3.17. The van der Waals surface area contributed by atoms with E-state index in [0.717, 1.165) is 0 Å². The van der Waals surface area contributed by atoms with Crippen molar-refractivity contribution in [3.8, 4) is 11.5 Å². The number of halogens is 1. The first-order valence-corrected chi connectivity index (χ1v) is 10.3. The number of aliphatic imine (C=N–C) groups is 1. The van der Waals surface area contributed by atoms with E-state index < -0.39 is 18.2 Å². The van der Waals surface area contributed by atoms with Crippen molar-refractivity contribution < 1.29 is 29.3 Å². The number of amides is 1. The van der Waals surface area contributed by atoms with Gasteiger partial charge in [-0.1, -0.05) is 17.7 Å². The Morgan fingerprint density at radius 1 is 1.25 bits per heavy atom. The van der Waals surface area contributed by atoms with Crippen LogP contribution in [0, 0.1) is 0 Å². The van der Waals surface area contributed by atoms with Crippen molar-refractivity contribution >= 4 is 41.1 Å². The Balaban J connectivity index is 1.94. The smallest absolute Gasteiger partial charge is 0.344 e. The molecule has 8 nitrogen and oxygen atoms in total. The molecule has 0 aromatic heterocycles. The Bertz CT molecular complexity index is 1080. The summed E-state index contributed by atoms with van der Waals surface area (Å²) < 4.78 is 10.7. The molecule has 1 amide bonds. The zero-order valence-electron chi connectivity index (χ0n) is 17.8. The van der Waals surface area contributed by atoms with E-state index in [0.29, 0.717) is 28.6 Å². The van der Waals surface area contributed by atoms with Gasteiger partial charge in [-0.25, -0.2) is 9.79 Å². The summed E-state index contributed by atoms with van der Waals surface area (Å²) in [6.07, 6.45) is -0.726. The molecule has 1 aliphatic rings. The predicted molar refractivity (Wildman–Crippen MR) is 121 cm³/mol. The highest BCUT2D eigenvalue weighted by atomic mass is 35.5. The van der Waals surface area contributed by atoms with Crippen LogP contribution in [0.1, 0.15) is 19.4 Å². The fourth-order valence-corrected chi connectivity index (χ4v) is 3.30. The average Bonchev–Trinajstić information content (AvgIpc) is 2.99. The molecule has 0 spiro atoms. The van der Waals surface area contributed by atoms with E-state index >= 15 is 0 Å². The maximum absolute atomic E-state index is 12.9. The molecule has 0 bridgehead atoms. The van der Waals surface area contributed by atoms with Gasteiger partial charge in [-0.05, 0) is 61.9 Å². The fraction of sp³-hybridized carbons (Fsp3) is 0.261. The molecule has 32 heavy (non-hydrogen) atoms. The van der Waals surface area contributed by atoms with Crippen molar-refractivity contribution in [2.45, 2.75) is 26.1 Å². The normalized spacial score (nSPS) is 19.5. The molecule has 9 heteroatoms. The summed E-state index contributed by atoms with van der Waals surface area (Å²) >= 11 is 5.91. The molecule has 2 N–H and O–H groups in total. The SMILES string of the molecule is CCN1C(=O)/C(=C/c2ccc(O[C@@H](C)C(=O)O)c(OC)c2)[C@@H](O)C1=Nc1ccc(Cl)cc1. The number of hydrogen-bond donors (Lipinski definition) is 2. The van der Waals surface area contributed by atoms with Gasteiger partial charge in [0.15, 0.2) is 17.6 Å². The summed E-state index contributed by atoms with van der Waals surface area (Å²) in [5.41, 5.74) is 1.30. The second kappa shape index (κ2) is 9.84. The zero-order valence-corrected chi connectivity index (χ0v) is 18.5. The highest BCUT2D eigenvalue weighted by Crippen LogP contribution is 2.32. The van der Waals surface area contributed by atoms with Crippen LogP contribution in [0.5, 0.6) is 11.5 Å². The van der Waals surface area contributed by atoms with Crippen LogP contribution in [0.25, 0.3) is 6.08 Å². The Hall–Kier alpha value is -3.36. The molecule has 1 heterocycles. The second-order valence-electron chi connectivity index (χ2n) is 7.01. The minimum atomic E-state index is -1.22. The summed E-state index contributed by atoms with van der Waals surface area (Å²) in [6.45, 7) is 3.54. The highest BCUT2D eigenvalue weighted by molar-refractivity contribution is 6.30. The third-order valence-electron chi connectivity index (χ3n) is 4.86. The van der Waals surface area contributed by atoms with E-state index in [2.05, 4.69) is 4.99 Å². The van der Waals surface area contributed by atoms with E-state index in [1.807, 2.05) is 0 Å². The number of rotatable bonds is 7. The lowest BCUT2D eigenvalue weighted by Crippen LogP contribution is -2.31. The highest BCUT2D eigenvalue weighted by Gasteiger charge is 2.39. The largest absolute Gasteiger partial charge is 0.493 e. The molecule has 3 rings (SSSR count). The van der Waals surface area contributed by atoms with E-state index in [-0.39, 0.29) is 23.1 Å². The molecule has 168 valence electrons. The first-order chi connectivity index (χ1) is 15.2. The molecule has 0 saturated carbocycles. The van der Waals surface area contributed by atoms with Crippen molar-refractivity contribution in [2.75, 3.05) is 13.7 Å². The van der Waals surface area contributed by atoms with Crippen LogP contribution < -0.4 is 9.47 Å². The maximum Gasteiger partial charge on any atom is 0.344 e. The van der Waals surface area contributed by atoms with Gasteiger partial charge in [0, 0.05) is 11.6 Å². The number of benzene rings is 2. The molecule has 2 atom stereocenters. The van der Waals surface area contributed by atoms with E-state index in [9.17, 15) is 14.7 Å². The van der Waals surface area contributed by atoms with Gasteiger partial charge >= 0.3 is 5.97 Å². The van der Waals surface area contributed by atoms with Crippen molar-refractivity contribution in [3.05, 3.63) is 58.6 Å². The zero-order chi connectivity index (χ0) is 23.4. The summed E-state index contributed by atoms with van der Waals surface area (Å²) in [7, 11) is 1.43. The number of aliphatic carboxylic acids is 1. The molecule has 1 fully saturated rings. The van der Waals surface area contributed by atoms with Crippen LogP contribution in [0.3, 0.4) is 0 Å². The molecule has 2 aromatic carbocycles. The van der Waals surface area contributed by atoms with Gasteiger partial charge in [0.2, 0.25) is 0 Å². The lowest BCUT2D eigenvalue weighted by Gasteiger charge is -2.14. The molecule has 0 unspecified atom stereocenters. The Morgan fingerprint density at radius 3 is 2.53 bits per heavy atom.